The van der Waals surface area contributed by atoms with E-state index < -0.39 is 5.41 Å². The van der Waals surface area contributed by atoms with E-state index in [-0.39, 0.29) is 29.8 Å². The Morgan fingerprint density at radius 3 is 2.21 bits per heavy atom. The molecule has 2 aromatic rings. The number of thiocarbonyl (C=S) groups is 1. The summed E-state index contributed by atoms with van der Waals surface area (Å²) in [5.74, 6) is -0.251. The van der Waals surface area contributed by atoms with Crippen LogP contribution in [0.1, 0.15) is 44.9 Å². The zero-order chi connectivity index (χ0) is 21.6. The predicted molar refractivity (Wildman–Crippen MR) is 122 cm³/mol. The number of carbonyl (C=O) groups is 1. The van der Waals surface area contributed by atoms with Crippen molar-refractivity contribution in [2.24, 2.45) is 11.1 Å². The lowest BCUT2D eigenvalue weighted by atomic mass is 9.97. The Morgan fingerprint density at radius 2 is 1.69 bits per heavy atom. The number of nitrogen functional groups attached to an aromatic ring is 1. The largest absolute Gasteiger partial charge is 0.463 e. The van der Waals surface area contributed by atoms with Gasteiger partial charge in [-0.2, -0.15) is 0 Å². The molecule has 0 heterocycles. The summed E-state index contributed by atoms with van der Waals surface area (Å²) in [6.45, 7) is 7.74. The first kappa shape index (κ1) is 22.7. The minimum absolute atomic E-state index is 0.102. The molecule has 0 radical (unpaired) electrons. The molecule has 0 aliphatic heterocycles. The third-order valence-corrected chi connectivity index (χ3v) is 5.03. The van der Waals surface area contributed by atoms with Gasteiger partial charge in [0, 0.05) is 5.69 Å². The van der Waals surface area contributed by atoms with E-state index in [1.807, 2.05) is 87.2 Å². The molecular weight excluding hydrogens is 382 g/mol. The van der Waals surface area contributed by atoms with Crippen molar-refractivity contribution < 1.29 is 9.53 Å². The van der Waals surface area contributed by atoms with E-state index in [1.54, 1.807) is 0 Å². The molecule has 0 saturated heterocycles. The first-order valence-electron chi connectivity index (χ1n) is 9.74. The van der Waals surface area contributed by atoms with Crippen molar-refractivity contribution in [3.63, 3.8) is 0 Å². The SMILES string of the molecule is C[C@H](c1ccc(N)cc1)N(C(N)=S)[C@@H](COC(=O)C(C)(C)C)Cc1ccccc1. The molecule has 0 amide bonds. The Labute approximate surface area is 179 Å². The first-order chi connectivity index (χ1) is 13.6. The number of rotatable bonds is 7. The van der Waals surface area contributed by atoms with Crippen LogP contribution in [-0.4, -0.2) is 28.6 Å². The maximum Gasteiger partial charge on any atom is 0.311 e. The number of anilines is 1. The van der Waals surface area contributed by atoms with E-state index in [0.29, 0.717) is 12.1 Å². The van der Waals surface area contributed by atoms with Gasteiger partial charge in [0.15, 0.2) is 5.11 Å². The normalized spacial score (nSPS) is 13.4. The Hall–Kier alpha value is -2.60. The zero-order valence-electron chi connectivity index (χ0n) is 17.6. The van der Waals surface area contributed by atoms with Gasteiger partial charge in [0.2, 0.25) is 0 Å². The summed E-state index contributed by atoms with van der Waals surface area (Å²) in [6.07, 6.45) is 0.648. The average Bonchev–Trinajstić information content (AvgIpc) is 2.66. The Bertz CT molecular complexity index is 816. The van der Waals surface area contributed by atoms with E-state index in [4.69, 9.17) is 28.4 Å². The summed E-state index contributed by atoms with van der Waals surface area (Å²) in [4.78, 5) is 14.3. The van der Waals surface area contributed by atoms with E-state index in [1.165, 1.54) is 0 Å². The summed E-state index contributed by atoms with van der Waals surface area (Å²) in [5, 5.41) is 0.266. The van der Waals surface area contributed by atoms with E-state index in [9.17, 15) is 4.79 Å². The van der Waals surface area contributed by atoms with Gasteiger partial charge in [-0.25, -0.2) is 0 Å². The standard InChI is InChI=1S/C23H31N3O2S/c1-16(18-10-12-19(24)13-11-18)26(22(25)29)20(14-17-8-6-5-7-9-17)15-28-21(27)23(2,3)4/h5-13,16,20H,14-15,24H2,1-4H3,(H2,25,29)/t16-,20-/m1/s1. The molecular formula is C23H31N3O2S. The fourth-order valence-corrected chi connectivity index (χ4v) is 3.44. The molecule has 0 bridgehead atoms. The highest BCUT2D eigenvalue weighted by Crippen LogP contribution is 2.26. The lowest BCUT2D eigenvalue weighted by Gasteiger charge is -2.37. The monoisotopic (exact) mass is 413 g/mol. The topological polar surface area (TPSA) is 81.6 Å². The molecule has 5 nitrogen and oxygen atoms in total. The maximum absolute atomic E-state index is 12.4. The summed E-state index contributed by atoms with van der Waals surface area (Å²) in [5.41, 5.74) is 14.2. The van der Waals surface area contributed by atoms with Crippen molar-refractivity contribution >= 4 is 29.0 Å². The molecule has 0 aromatic heterocycles. The number of carbonyl (C=O) groups excluding carboxylic acids is 1. The summed E-state index contributed by atoms with van der Waals surface area (Å²) >= 11 is 5.40. The second-order valence-electron chi connectivity index (χ2n) is 8.28. The highest BCUT2D eigenvalue weighted by Gasteiger charge is 2.30. The Morgan fingerprint density at radius 1 is 1.10 bits per heavy atom. The Balaban J connectivity index is 2.31. The molecule has 29 heavy (non-hydrogen) atoms. The van der Waals surface area contributed by atoms with Crippen molar-refractivity contribution in [1.29, 1.82) is 0 Å². The van der Waals surface area contributed by atoms with Gasteiger partial charge in [-0.15, -0.1) is 0 Å². The van der Waals surface area contributed by atoms with Crippen LogP contribution in [0.15, 0.2) is 54.6 Å². The number of hydrogen-bond donors (Lipinski definition) is 2. The molecule has 2 aromatic carbocycles. The lowest BCUT2D eigenvalue weighted by molar-refractivity contribution is -0.154. The zero-order valence-corrected chi connectivity index (χ0v) is 18.4. The molecule has 0 saturated carbocycles. The van der Waals surface area contributed by atoms with E-state index >= 15 is 0 Å². The number of nitrogens with two attached hydrogens (primary N) is 2. The van der Waals surface area contributed by atoms with Gasteiger partial charge in [-0.1, -0.05) is 42.5 Å². The smallest absolute Gasteiger partial charge is 0.311 e. The van der Waals surface area contributed by atoms with Crippen molar-refractivity contribution in [3.8, 4) is 0 Å². The molecule has 0 fully saturated rings. The highest BCUT2D eigenvalue weighted by atomic mass is 32.1. The lowest BCUT2D eigenvalue weighted by Crippen LogP contribution is -2.48. The molecule has 2 atom stereocenters. The third kappa shape index (κ3) is 6.46. The van der Waals surface area contributed by atoms with Crippen molar-refractivity contribution in [2.75, 3.05) is 12.3 Å². The van der Waals surface area contributed by atoms with Crippen LogP contribution in [0.25, 0.3) is 0 Å². The van der Waals surface area contributed by atoms with E-state index in [0.717, 1.165) is 11.1 Å². The third-order valence-electron chi connectivity index (χ3n) is 4.82. The Kier molecular flexibility index (Phi) is 7.62. The minimum atomic E-state index is -0.575. The molecule has 0 aliphatic rings. The van der Waals surface area contributed by atoms with Gasteiger partial charge in [0.1, 0.15) is 6.61 Å². The molecule has 6 heteroatoms. The summed E-state index contributed by atoms with van der Waals surface area (Å²) in [6, 6.07) is 17.4. The van der Waals surface area contributed by atoms with Gasteiger partial charge in [0.25, 0.3) is 0 Å². The number of nitrogens with zero attached hydrogens (tertiary/aromatic N) is 1. The van der Waals surface area contributed by atoms with Crippen LogP contribution in [0.2, 0.25) is 0 Å². The second kappa shape index (κ2) is 9.74. The molecule has 156 valence electrons. The van der Waals surface area contributed by atoms with Crippen LogP contribution in [0.4, 0.5) is 5.69 Å². The first-order valence-corrected chi connectivity index (χ1v) is 10.1. The van der Waals surface area contributed by atoms with Crippen molar-refractivity contribution in [2.45, 2.75) is 46.2 Å². The summed E-state index contributed by atoms with van der Waals surface area (Å²) in [7, 11) is 0. The van der Waals surface area contributed by atoms with Crippen LogP contribution < -0.4 is 11.5 Å². The van der Waals surface area contributed by atoms with Gasteiger partial charge in [0.05, 0.1) is 17.5 Å². The summed E-state index contributed by atoms with van der Waals surface area (Å²) < 4.78 is 5.66. The van der Waals surface area contributed by atoms with Crippen molar-refractivity contribution in [1.82, 2.24) is 4.90 Å². The van der Waals surface area contributed by atoms with Crippen molar-refractivity contribution in [3.05, 3.63) is 65.7 Å². The van der Waals surface area contributed by atoms with Crippen LogP contribution >= 0.6 is 12.2 Å². The van der Waals surface area contributed by atoms with Gasteiger partial charge in [-0.3, -0.25) is 4.79 Å². The molecule has 0 unspecified atom stereocenters. The minimum Gasteiger partial charge on any atom is -0.463 e. The molecule has 2 rings (SSSR count). The predicted octanol–water partition coefficient (Wildman–Crippen LogP) is 4.08. The molecule has 0 aliphatic carbocycles. The quantitative estimate of drug-likeness (QED) is 0.404. The maximum atomic E-state index is 12.4. The van der Waals surface area contributed by atoms with Crippen LogP contribution in [0.3, 0.4) is 0 Å². The average molecular weight is 414 g/mol. The van der Waals surface area contributed by atoms with Crippen LogP contribution in [-0.2, 0) is 16.0 Å². The van der Waals surface area contributed by atoms with Crippen LogP contribution in [0, 0.1) is 5.41 Å². The number of esters is 1. The number of ether oxygens (including phenoxy) is 1. The second-order valence-corrected chi connectivity index (χ2v) is 8.70. The highest BCUT2D eigenvalue weighted by molar-refractivity contribution is 7.80. The molecule has 4 N–H and O–H groups in total. The fraction of sp³-hybridized carbons (Fsp3) is 0.391. The fourth-order valence-electron chi connectivity index (χ4n) is 3.13. The van der Waals surface area contributed by atoms with Gasteiger partial charge >= 0.3 is 5.97 Å². The van der Waals surface area contributed by atoms with E-state index in [2.05, 4.69) is 0 Å². The van der Waals surface area contributed by atoms with Gasteiger partial charge < -0.3 is 21.1 Å². The van der Waals surface area contributed by atoms with Gasteiger partial charge in [-0.05, 0) is 69.6 Å². The number of benzene rings is 2. The number of hydrogen-bond acceptors (Lipinski definition) is 4. The van der Waals surface area contributed by atoms with Crippen LogP contribution in [0.5, 0.6) is 0 Å². The molecule has 0 spiro atoms.